The third-order valence-corrected chi connectivity index (χ3v) is 4.52. The Hall–Kier alpha value is -2.21. The molecule has 2 heterocycles. The first-order valence-electron chi connectivity index (χ1n) is 7.93. The van der Waals surface area contributed by atoms with E-state index in [1.807, 2.05) is 19.9 Å². The minimum Gasteiger partial charge on any atom is -0.381 e. The number of H-pyrrole nitrogens is 1. The van der Waals surface area contributed by atoms with Crippen molar-refractivity contribution < 1.29 is 18.3 Å². The van der Waals surface area contributed by atoms with E-state index in [2.05, 4.69) is 10.3 Å². The highest BCUT2D eigenvalue weighted by molar-refractivity contribution is 5.94. The Bertz CT molecular complexity index is 764. The van der Waals surface area contributed by atoms with Gasteiger partial charge in [0.2, 0.25) is 0 Å². The van der Waals surface area contributed by atoms with Crippen molar-refractivity contribution in [2.24, 2.45) is 0 Å². The smallest absolute Gasteiger partial charge is 0.268 e. The molecule has 1 saturated heterocycles. The second-order valence-electron chi connectivity index (χ2n) is 6.28. The van der Waals surface area contributed by atoms with Crippen molar-refractivity contribution in [2.45, 2.75) is 32.2 Å². The van der Waals surface area contributed by atoms with E-state index < -0.39 is 17.2 Å². The third kappa shape index (κ3) is 3.06. The summed E-state index contributed by atoms with van der Waals surface area (Å²) in [7, 11) is 0. The maximum absolute atomic E-state index is 14.4. The average molecular weight is 334 g/mol. The minimum absolute atomic E-state index is 0.293. The molecular formula is C18H20F2N2O2. The Morgan fingerprint density at radius 3 is 2.50 bits per heavy atom. The molecule has 1 aromatic heterocycles. The van der Waals surface area contributed by atoms with Crippen molar-refractivity contribution in [1.29, 1.82) is 0 Å². The van der Waals surface area contributed by atoms with E-state index in [0.29, 0.717) is 37.3 Å². The Labute approximate surface area is 139 Å². The van der Waals surface area contributed by atoms with Gasteiger partial charge >= 0.3 is 0 Å². The van der Waals surface area contributed by atoms with Crippen molar-refractivity contribution in [1.82, 2.24) is 10.3 Å². The molecule has 0 spiro atoms. The van der Waals surface area contributed by atoms with Crippen LogP contribution in [0.25, 0.3) is 0 Å². The number of aryl methyl sites for hydroxylation is 2. The highest BCUT2D eigenvalue weighted by Crippen LogP contribution is 2.34. The summed E-state index contributed by atoms with van der Waals surface area (Å²) in [5.74, 6) is -1.59. The second kappa shape index (κ2) is 6.36. The van der Waals surface area contributed by atoms with Crippen LogP contribution in [0.5, 0.6) is 0 Å². The van der Waals surface area contributed by atoms with Gasteiger partial charge in [-0.2, -0.15) is 0 Å². The first-order chi connectivity index (χ1) is 11.4. The molecule has 6 heteroatoms. The summed E-state index contributed by atoms with van der Waals surface area (Å²) >= 11 is 0. The monoisotopic (exact) mass is 334 g/mol. The van der Waals surface area contributed by atoms with E-state index in [1.54, 1.807) is 0 Å². The van der Waals surface area contributed by atoms with Gasteiger partial charge < -0.3 is 15.0 Å². The molecule has 3 rings (SSSR count). The molecule has 0 unspecified atom stereocenters. The number of nitrogens with one attached hydrogen (secondary N) is 2. The SMILES string of the molecule is Cc1cc(C)c(C(=O)NC2(c3ccc(F)cc3F)CCOCC2)[nH]1. The van der Waals surface area contributed by atoms with E-state index in [9.17, 15) is 13.6 Å². The number of carbonyl (C=O) groups is 1. The van der Waals surface area contributed by atoms with Gasteiger partial charge in [0.15, 0.2) is 0 Å². The number of hydrogen-bond acceptors (Lipinski definition) is 2. The summed E-state index contributed by atoms with van der Waals surface area (Å²) < 4.78 is 33.0. The van der Waals surface area contributed by atoms with Crippen molar-refractivity contribution >= 4 is 5.91 Å². The fourth-order valence-corrected chi connectivity index (χ4v) is 3.30. The molecule has 0 saturated carbocycles. The summed E-state index contributed by atoms with van der Waals surface area (Å²) in [4.78, 5) is 15.8. The van der Waals surface area contributed by atoms with Gasteiger partial charge in [0.1, 0.15) is 17.3 Å². The number of carbonyl (C=O) groups excluding carboxylic acids is 1. The van der Waals surface area contributed by atoms with Crippen molar-refractivity contribution in [3.05, 3.63) is 58.4 Å². The van der Waals surface area contributed by atoms with E-state index in [-0.39, 0.29) is 5.91 Å². The zero-order valence-electron chi connectivity index (χ0n) is 13.7. The van der Waals surface area contributed by atoms with E-state index in [4.69, 9.17) is 4.74 Å². The zero-order valence-corrected chi connectivity index (χ0v) is 13.7. The molecule has 0 aliphatic carbocycles. The van der Waals surface area contributed by atoms with Crippen LogP contribution in [0.3, 0.4) is 0 Å². The van der Waals surface area contributed by atoms with Crippen molar-refractivity contribution in [3.63, 3.8) is 0 Å². The van der Waals surface area contributed by atoms with Crippen LogP contribution in [0, 0.1) is 25.5 Å². The van der Waals surface area contributed by atoms with Crippen LogP contribution >= 0.6 is 0 Å². The van der Waals surface area contributed by atoms with Gasteiger partial charge in [0.05, 0.1) is 5.54 Å². The Balaban J connectivity index is 1.97. The molecular weight excluding hydrogens is 314 g/mol. The highest BCUT2D eigenvalue weighted by Gasteiger charge is 2.38. The molecule has 1 aromatic carbocycles. The number of aromatic amines is 1. The molecule has 1 aliphatic rings. The van der Waals surface area contributed by atoms with Crippen LogP contribution in [0.15, 0.2) is 24.3 Å². The largest absolute Gasteiger partial charge is 0.381 e. The molecule has 1 amide bonds. The molecule has 24 heavy (non-hydrogen) atoms. The Morgan fingerprint density at radius 2 is 1.92 bits per heavy atom. The van der Waals surface area contributed by atoms with Crippen LogP contribution in [0.1, 0.15) is 40.2 Å². The Morgan fingerprint density at radius 1 is 1.21 bits per heavy atom. The lowest BCUT2D eigenvalue weighted by molar-refractivity contribution is 0.0331. The topological polar surface area (TPSA) is 54.1 Å². The number of hydrogen-bond donors (Lipinski definition) is 2. The number of amides is 1. The molecule has 2 N–H and O–H groups in total. The van der Waals surface area contributed by atoms with E-state index in [0.717, 1.165) is 17.3 Å². The van der Waals surface area contributed by atoms with Gasteiger partial charge in [-0.15, -0.1) is 0 Å². The highest BCUT2D eigenvalue weighted by atomic mass is 19.1. The maximum atomic E-state index is 14.4. The molecule has 2 aromatic rings. The Kier molecular flexibility index (Phi) is 4.41. The van der Waals surface area contributed by atoms with Crippen LogP contribution < -0.4 is 5.32 Å². The minimum atomic E-state index is -0.904. The second-order valence-corrected chi connectivity index (χ2v) is 6.28. The first-order valence-corrected chi connectivity index (χ1v) is 7.93. The van der Waals surface area contributed by atoms with Gasteiger partial charge in [-0.1, -0.05) is 6.07 Å². The molecule has 0 atom stereocenters. The molecule has 4 nitrogen and oxygen atoms in total. The standard InChI is InChI=1S/C18H20F2N2O2/c1-11-9-12(2)21-16(11)17(23)22-18(5-7-24-8-6-18)14-4-3-13(19)10-15(14)20/h3-4,9-10,21H,5-8H2,1-2H3,(H,22,23). The van der Waals surface area contributed by atoms with Crippen LogP contribution in [-0.2, 0) is 10.3 Å². The summed E-state index contributed by atoms with van der Waals surface area (Å²) in [5.41, 5.74) is 1.55. The van der Waals surface area contributed by atoms with Gasteiger partial charge in [-0.3, -0.25) is 4.79 Å². The summed E-state index contributed by atoms with van der Waals surface area (Å²) in [5, 5.41) is 2.97. The van der Waals surface area contributed by atoms with Crippen molar-refractivity contribution in [3.8, 4) is 0 Å². The van der Waals surface area contributed by atoms with Crippen molar-refractivity contribution in [2.75, 3.05) is 13.2 Å². The third-order valence-electron chi connectivity index (χ3n) is 4.52. The quantitative estimate of drug-likeness (QED) is 0.904. The number of halogens is 2. The van der Waals surface area contributed by atoms with E-state index in [1.165, 1.54) is 12.1 Å². The maximum Gasteiger partial charge on any atom is 0.268 e. The first kappa shape index (κ1) is 16.6. The lowest BCUT2D eigenvalue weighted by Gasteiger charge is -2.38. The predicted octanol–water partition coefficient (Wildman–Crippen LogP) is 3.35. The van der Waals surface area contributed by atoms with Crippen LogP contribution in [0.4, 0.5) is 8.78 Å². The normalized spacial score (nSPS) is 16.8. The molecule has 1 fully saturated rings. The average Bonchev–Trinajstić information content (AvgIpc) is 2.86. The molecule has 0 bridgehead atoms. The zero-order chi connectivity index (χ0) is 17.3. The lowest BCUT2D eigenvalue weighted by atomic mass is 9.82. The van der Waals surface area contributed by atoms with Crippen LogP contribution in [-0.4, -0.2) is 24.1 Å². The predicted molar refractivity (Wildman–Crippen MR) is 85.8 cm³/mol. The number of rotatable bonds is 3. The van der Waals surface area contributed by atoms with Crippen LogP contribution in [0.2, 0.25) is 0 Å². The summed E-state index contributed by atoms with van der Waals surface area (Å²) in [6, 6.07) is 5.35. The number of aromatic nitrogens is 1. The number of benzene rings is 1. The van der Waals surface area contributed by atoms with Gasteiger partial charge in [-0.25, -0.2) is 8.78 Å². The fourth-order valence-electron chi connectivity index (χ4n) is 3.30. The molecule has 128 valence electrons. The number of ether oxygens (including phenoxy) is 1. The lowest BCUT2D eigenvalue weighted by Crippen LogP contribution is -2.50. The van der Waals surface area contributed by atoms with E-state index >= 15 is 0 Å². The summed E-state index contributed by atoms with van der Waals surface area (Å²) in [6.45, 7) is 4.51. The van der Waals surface area contributed by atoms with Gasteiger partial charge in [-0.05, 0) is 44.4 Å². The van der Waals surface area contributed by atoms with Gasteiger partial charge in [0, 0.05) is 30.5 Å². The molecule has 1 aliphatic heterocycles. The van der Waals surface area contributed by atoms with Gasteiger partial charge in [0.25, 0.3) is 5.91 Å². The molecule has 0 radical (unpaired) electrons. The summed E-state index contributed by atoms with van der Waals surface area (Å²) in [6.07, 6.45) is 0.861. The fraction of sp³-hybridized carbons (Fsp3) is 0.389.